The van der Waals surface area contributed by atoms with E-state index in [1.807, 2.05) is 18.3 Å². The summed E-state index contributed by atoms with van der Waals surface area (Å²) in [5.41, 5.74) is 4.65. The maximum atomic E-state index is 5.73. The lowest BCUT2D eigenvalue weighted by Crippen LogP contribution is -2.29. The van der Waals surface area contributed by atoms with Gasteiger partial charge in [0, 0.05) is 16.8 Å². The molecule has 0 amide bonds. The second-order valence-corrected chi connectivity index (χ2v) is 7.64. The van der Waals surface area contributed by atoms with Gasteiger partial charge in [0.05, 0.1) is 17.8 Å². The Hall–Kier alpha value is -2.24. The highest BCUT2D eigenvalue weighted by Gasteiger charge is 2.41. The number of hydrogen-bond donors (Lipinski definition) is 1. The predicted octanol–water partition coefficient (Wildman–Crippen LogP) is 4.94. The lowest BCUT2D eigenvalue weighted by molar-refractivity contribution is 0.573. The van der Waals surface area contributed by atoms with E-state index in [9.17, 15) is 0 Å². The standard InChI is InChI=1S/C20H19N3S2/c1-13-6-5-7-15(12-13)23-18(19-14(2)9-11-25-19)17(22-20(23)24)16-8-3-4-10-21-16/h3-12,17-18H,1-2H3,(H,22,24)/t17-,18-/m1/s1. The topological polar surface area (TPSA) is 28.2 Å². The molecule has 0 radical (unpaired) electrons. The largest absolute Gasteiger partial charge is 0.351 e. The molecule has 3 heterocycles. The number of thiocarbonyl (C=S) groups is 1. The van der Waals surface area contributed by atoms with E-state index in [2.05, 4.69) is 70.8 Å². The summed E-state index contributed by atoms with van der Waals surface area (Å²) in [6.07, 6.45) is 1.84. The summed E-state index contributed by atoms with van der Waals surface area (Å²) in [7, 11) is 0. The molecule has 1 saturated heterocycles. The van der Waals surface area contributed by atoms with E-state index in [1.165, 1.54) is 16.0 Å². The molecule has 3 nitrogen and oxygen atoms in total. The number of rotatable bonds is 3. The van der Waals surface area contributed by atoms with Crippen molar-refractivity contribution in [1.82, 2.24) is 10.3 Å². The smallest absolute Gasteiger partial charge is 0.174 e. The van der Waals surface area contributed by atoms with Crippen molar-refractivity contribution >= 4 is 34.4 Å². The van der Waals surface area contributed by atoms with Gasteiger partial charge in [-0.3, -0.25) is 4.98 Å². The second kappa shape index (κ2) is 6.58. The molecule has 1 N–H and O–H groups in total. The number of aromatic nitrogens is 1. The molecular formula is C20H19N3S2. The van der Waals surface area contributed by atoms with E-state index in [0.717, 1.165) is 16.5 Å². The van der Waals surface area contributed by atoms with Crippen LogP contribution < -0.4 is 10.2 Å². The van der Waals surface area contributed by atoms with E-state index in [1.54, 1.807) is 11.3 Å². The molecule has 4 rings (SSSR count). The molecule has 25 heavy (non-hydrogen) atoms. The van der Waals surface area contributed by atoms with Crippen LogP contribution in [0, 0.1) is 13.8 Å². The summed E-state index contributed by atoms with van der Waals surface area (Å²) >= 11 is 7.51. The van der Waals surface area contributed by atoms with Gasteiger partial charge in [0.1, 0.15) is 0 Å². The minimum Gasteiger partial charge on any atom is -0.351 e. The lowest BCUT2D eigenvalue weighted by atomic mass is 10.0. The van der Waals surface area contributed by atoms with Gasteiger partial charge in [-0.15, -0.1) is 11.3 Å². The quantitative estimate of drug-likeness (QED) is 0.666. The van der Waals surface area contributed by atoms with Crippen molar-refractivity contribution in [2.24, 2.45) is 0 Å². The first-order chi connectivity index (χ1) is 12.1. The highest BCUT2D eigenvalue weighted by molar-refractivity contribution is 7.80. The van der Waals surface area contributed by atoms with Crippen LogP contribution in [-0.2, 0) is 0 Å². The lowest BCUT2D eigenvalue weighted by Gasteiger charge is -2.27. The fourth-order valence-corrected chi connectivity index (χ4v) is 4.76. The number of thiophene rings is 1. The van der Waals surface area contributed by atoms with Crippen molar-refractivity contribution < 1.29 is 0 Å². The van der Waals surface area contributed by atoms with Crippen molar-refractivity contribution in [3.05, 3.63) is 81.8 Å². The number of benzene rings is 1. The Bertz CT molecular complexity index is 904. The van der Waals surface area contributed by atoms with Gasteiger partial charge in [-0.25, -0.2) is 0 Å². The van der Waals surface area contributed by atoms with Crippen molar-refractivity contribution in [1.29, 1.82) is 0 Å². The van der Waals surface area contributed by atoms with Crippen molar-refractivity contribution in [2.45, 2.75) is 25.9 Å². The maximum Gasteiger partial charge on any atom is 0.174 e. The minimum atomic E-state index is 0.0339. The van der Waals surface area contributed by atoms with Crippen LogP contribution in [-0.4, -0.2) is 10.1 Å². The molecule has 0 saturated carbocycles. The predicted molar refractivity (Wildman–Crippen MR) is 108 cm³/mol. The van der Waals surface area contributed by atoms with Crippen molar-refractivity contribution in [2.75, 3.05) is 4.90 Å². The number of pyridine rings is 1. The summed E-state index contributed by atoms with van der Waals surface area (Å²) < 4.78 is 0. The molecule has 2 atom stereocenters. The highest BCUT2D eigenvalue weighted by Crippen LogP contribution is 2.44. The molecule has 1 aliphatic heterocycles. The third-order valence-corrected chi connectivity index (χ3v) is 5.95. The molecule has 126 valence electrons. The fraction of sp³-hybridized carbons (Fsp3) is 0.200. The van der Waals surface area contributed by atoms with Gasteiger partial charge in [-0.05, 0) is 72.9 Å². The zero-order valence-electron chi connectivity index (χ0n) is 14.1. The molecule has 1 fully saturated rings. The normalized spacial score (nSPS) is 19.9. The molecule has 0 bridgehead atoms. The molecule has 0 unspecified atom stereocenters. The average molecular weight is 366 g/mol. The average Bonchev–Trinajstić information content (AvgIpc) is 3.18. The minimum absolute atomic E-state index is 0.0339. The Balaban J connectivity index is 1.85. The zero-order chi connectivity index (χ0) is 17.4. The van der Waals surface area contributed by atoms with E-state index in [4.69, 9.17) is 12.2 Å². The Morgan fingerprint density at radius 3 is 2.68 bits per heavy atom. The van der Waals surface area contributed by atoms with Gasteiger partial charge in [0.2, 0.25) is 0 Å². The van der Waals surface area contributed by atoms with E-state index < -0.39 is 0 Å². The number of aryl methyl sites for hydroxylation is 2. The molecule has 1 aromatic carbocycles. The van der Waals surface area contributed by atoms with Crippen LogP contribution in [0.1, 0.15) is 33.8 Å². The monoisotopic (exact) mass is 365 g/mol. The van der Waals surface area contributed by atoms with Crippen LogP contribution in [0.25, 0.3) is 0 Å². The van der Waals surface area contributed by atoms with Gasteiger partial charge < -0.3 is 10.2 Å². The summed E-state index contributed by atoms with van der Waals surface area (Å²) in [6, 6.07) is 16.8. The molecule has 0 spiro atoms. The Morgan fingerprint density at radius 1 is 1.12 bits per heavy atom. The molecular weight excluding hydrogens is 346 g/mol. The van der Waals surface area contributed by atoms with Gasteiger partial charge in [0.15, 0.2) is 5.11 Å². The molecule has 3 aromatic rings. The Kier molecular flexibility index (Phi) is 4.27. The van der Waals surface area contributed by atoms with Gasteiger partial charge in [0.25, 0.3) is 0 Å². The molecule has 5 heteroatoms. The number of hydrogen-bond acceptors (Lipinski definition) is 3. The molecule has 0 aliphatic carbocycles. The summed E-state index contributed by atoms with van der Waals surface area (Å²) in [4.78, 5) is 8.15. The second-order valence-electron chi connectivity index (χ2n) is 6.30. The Morgan fingerprint density at radius 2 is 2.00 bits per heavy atom. The SMILES string of the molecule is Cc1cccc(N2C(=S)N[C@H](c3ccccn3)[C@@H]2c2sccc2C)c1. The van der Waals surface area contributed by atoms with Crippen LogP contribution in [0.4, 0.5) is 5.69 Å². The third-order valence-electron chi connectivity index (χ3n) is 4.55. The van der Waals surface area contributed by atoms with Gasteiger partial charge in [-0.2, -0.15) is 0 Å². The number of anilines is 1. The van der Waals surface area contributed by atoms with Crippen LogP contribution in [0.5, 0.6) is 0 Å². The third kappa shape index (κ3) is 2.94. The first-order valence-corrected chi connectivity index (χ1v) is 9.55. The van der Waals surface area contributed by atoms with Gasteiger partial charge >= 0.3 is 0 Å². The van der Waals surface area contributed by atoms with Crippen molar-refractivity contribution in [3.8, 4) is 0 Å². The fourth-order valence-electron chi connectivity index (χ4n) is 3.36. The summed E-state index contributed by atoms with van der Waals surface area (Å²) in [5, 5.41) is 6.40. The van der Waals surface area contributed by atoms with E-state index in [0.29, 0.717) is 0 Å². The maximum absolute atomic E-state index is 5.73. The zero-order valence-corrected chi connectivity index (χ0v) is 15.8. The number of nitrogens with zero attached hydrogens (tertiary/aromatic N) is 2. The highest BCUT2D eigenvalue weighted by atomic mass is 32.1. The first kappa shape index (κ1) is 16.2. The summed E-state index contributed by atoms with van der Waals surface area (Å²) in [6.45, 7) is 4.27. The van der Waals surface area contributed by atoms with Crippen LogP contribution in [0.2, 0.25) is 0 Å². The van der Waals surface area contributed by atoms with Gasteiger partial charge in [-0.1, -0.05) is 18.2 Å². The number of nitrogens with one attached hydrogen (secondary N) is 1. The van der Waals surface area contributed by atoms with Crippen LogP contribution in [0.3, 0.4) is 0 Å². The van der Waals surface area contributed by atoms with Crippen LogP contribution in [0.15, 0.2) is 60.1 Å². The summed E-state index contributed by atoms with van der Waals surface area (Å²) in [5.74, 6) is 0. The van der Waals surface area contributed by atoms with E-state index >= 15 is 0 Å². The first-order valence-electron chi connectivity index (χ1n) is 8.26. The molecule has 2 aromatic heterocycles. The van der Waals surface area contributed by atoms with Crippen LogP contribution >= 0.6 is 23.6 Å². The molecule has 1 aliphatic rings. The van der Waals surface area contributed by atoms with Crippen molar-refractivity contribution in [3.63, 3.8) is 0 Å². The van der Waals surface area contributed by atoms with E-state index in [-0.39, 0.29) is 12.1 Å². The Labute approximate surface area is 157 Å².